The molecule has 0 fully saturated rings. The molecule has 0 unspecified atom stereocenters. The van der Waals surface area contributed by atoms with Crippen LogP contribution in [0, 0.1) is 0 Å². The van der Waals surface area contributed by atoms with Crippen molar-refractivity contribution in [3.63, 3.8) is 0 Å². The number of aliphatic carboxylic acids is 4. The van der Waals surface area contributed by atoms with E-state index in [-0.39, 0.29) is 47.7 Å². The highest BCUT2D eigenvalue weighted by molar-refractivity contribution is 8.93. The fourth-order valence-electron chi connectivity index (χ4n) is 0. The summed E-state index contributed by atoms with van der Waals surface area (Å²) in [5, 5.41) is 29.7. The lowest BCUT2D eigenvalue weighted by Crippen LogP contribution is -1.78. The molecule has 22 heavy (non-hydrogen) atoms. The minimum atomic E-state index is -0.833. The van der Waals surface area contributed by atoms with E-state index in [1.165, 1.54) is 0 Å². The van der Waals surface area contributed by atoms with Crippen molar-refractivity contribution in [2.75, 3.05) is 0 Å². The number of rotatable bonds is 0. The lowest BCUT2D eigenvalue weighted by molar-refractivity contribution is -0.135. The summed E-state index contributed by atoms with van der Waals surface area (Å²) in [4.78, 5) is 36.0. The maximum absolute atomic E-state index is 9.00. The third-order valence-electron chi connectivity index (χ3n) is 0. The number of hydrogen-bond acceptors (Lipinski definition) is 9. The molecule has 0 atom stereocenters. The molecule has 0 spiro atoms. The van der Waals surface area contributed by atoms with Gasteiger partial charge in [-0.05, 0) is 0 Å². The Morgan fingerprint density at radius 3 is 0.455 bits per heavy atom. The molecule has 0 amide bonds. The minimum Gasteiger partial charge on any atom is -0.481 e. The van der Waals surface area contributed by atoms with E-state index in [2.05, 4.69) is 0 Å². The second-order valence-corrected chi connectivity index (χ2v) is 2.08. The van der Waals surface area contributed by atoms with Gasteiger partial charge < -0.3 is 51.2 Å². The maximum Gasteiger partial charge on any atom is 0.300 e. The van der Waals surface area contributed by atoms with Crippen LogP contribution in [-0.4, -0.2) is 44.3 Å². The van der Waals surface area contributed by atoms with E-state index in [0.29, 0.717) is 0 Å². The monoisotopic (exact) mass is 405 g/mol. The van der Waals surface area contributed by atoms with Gasteiger partial charge in [0.25, 0.3) is 23.9 Å². The SMILES string of the molecule is Br.CC(=O)O.CC(=O)O.CC(=O)O.CC(=O)O.N.N.N.N.N. The van der Waals surface area contributed by atoms with E-state index < -0.39 is 23.9 Å². The van der Waals surface area contributed by atoms with Crippen molar-refractivity contribution in [1.29, 1.82) is 0 Å². The Kier molecular flexibility index (Phi) is 199. The van der Waals surface area contributed by atoms with E-state index in [0.717, 1.165) is 27.7 Å². The smallest absolute Gasteiger partial charge is 0.300 e. The molecule has 14 heteroatoms. The van der Waals surface area contributed by atoms with E-state index in [1.54, 1.807) is 0 Å². The summed E-state index contributed by atoms with van der Waals surface area (Å²) in [5.41, 5.74) is 0. The molecule has 0 rings (SSSR count). The third-order valence-corrected chi connectivity index (χ3v) is 0. The van der Waals surface area contributed by atoms with Crippen molar-refractivity contribution in [2.45, 2.75) is 27.7 Å². The summed E-state index contributed by atoms with van der Waals surface area (Å²) in [6.45, 7) is 4.33. The fourth-order valence-corrected chi connectivity index (χ4v) is 0. The molecule has 0 aromatic carbocycles. The summed E-state index contributed by atoms with van der Waals surface area (Å²) in [6, 6.07) is 0. The summed E-state index contributed by atoms with van der Waals surface area (Å²) in [6.07, 6.45) is 0. The molecule has 19 N–H and O–H groups in total. The Morgan fingerprint density at radius 1 is 0.455 bits per heavy atom. The molecular weight excluding hydrogens is 374 g/mol. The number of hydrogen-bond donors (Lipinski definition) is 9. The van der Waals surface area contributed by atoms with Gasteiger partial charge in [-0.1, -0.05) is 0 Å². The van der Waals surface area contributed by atoms with Crippen LogP contribution in [0.3, 0.4) is 0 Å². The minimum absolute atomic E-state index is 0. The van der Waals surface area contributed by atoms with Crippen molar-refractivity contribution in [3.8, 4) is 0 Å². The van der Waals surface area contributed by atoms with Crippen LogP contribution in [0.1, 0.15) is 27.7 Å². The second-order valence-electron chi connectivity index (χ2n) is 2.08. The molecule has 0 saturated carbocycles. The first kappa shape index (κ1) is 71.7. The van der Waals surface area contributed by atoms with Crippen LogP contribution in [0.5, 0.6) is 0 Å². The third kappa shape index (κ3) is 1580. The Labute approximate surface area is 139 Å². The lowest BCUT2D eigenvalue weighted by atomic mass is 10.9. The van der Waals surface area contributed by atoms with Crippen LogP contribution >= 0.6 is 17.0 Å². The number of carboxylic acids is 4. The van der Waals surface area contributed by atoms with Crippen LogP contribution in [0.15, 0.2) is 0 Å². The van der Waals surface area contributed by atoms with Gasteiger partial charge in [-0.25, -0.2) is 0 Å². The van der Waals surface area contributed by atoms with Gasteiger partial charge in [0.2, 0.25) is 0 Å². The average Bonchev–Trinajstić information content (AvgIpc) is 1.76. The molecule has 0 saturated heterocycles. The van der Waals surface area contributed by atoms with E-state index in [9.17, 15) is 0 Å². The van der Waals surface area contributed by atoms with Crippen LogP contribution < -0.4 is 30.8 Å². The molecule has 0 aromatic heterocycles. The zero-order valence-corrected chi connectivity index (χ0v) is 15.1. The largest absolute Gasteiger partial charge is 0.481 e. The summed E-state index contributed by atoms with van der Waals surface area (Å²) in [5.74, 6) is -3.33. The number of carboxylic acid groups (broad SMARTS) is 4. The molecular formula is C8H32BrN5O8. The first-order chi connectivity index (χ1) is 6.93. The van der Waals surface area contributed by atoms with Crippen LogP contribution in [0.25, 0.3) is 0 Å². The first-order valence-electron chi connectivity index (χ1n) is 3.71. The molecule has 0 aliphatic heterocycles. The fraction of sp³-hybridized carbons (Fsp3) is 0.500. The van der Waals surface area contributed by atoms with Gasteiger partial charge in [-0.3, -0.25) is 19.2 Å². The van der Waals surface area contributed by atoms with Gasteiger partial charge in [-0.15, -0.1) is 17.0 Å². The summed E-state index contributed by atoms with van der Waals surface area (Å²) in [7, 11) is 0. The standard InChI is InChI=1S/4C2H4O2.BrH.5H3N/c4*1-2(3)4;;;;;;/h4*1H3,(H,3,4);1H;5*1H3. The Hall–Kier alpha value is -1.84. The molecule has 13 nitrogen and oxygen atoms in total. The maximum atomic E-state index is 9.00. The highest BCUT2D eigenvalue weighted by Gasteiger charge is 1.66. The quantitative estimate of drug-likeness (QED) is 0.277. The summed E-state index contributed by atoms with van der Waals surface area (Å²) < 4.78 is 0. The Bertz CT molecular complexity index is 179. The van der Waals surface area contributed by atoms with Crippen molar-refractivity contribution in [2.24, 2.45) is 0 Å². The molecule has 144 valence electrons. The predicted octanol–water partition coefficient (Wildman–Crippen LogP) is 1.75. The van der Waals surface area contributed by atoms with Gasteiger partial charge in [0.05, 0.1) is 0 Å². The number of halogens is 1. The van der Waals surface area contributed by atoms with E-state index in [4.69, 9.17) is 39.6 Å². The lowest BCUT2D eigenvalue weighted by Gasteiger charge is -1.59. The van der Waals surface area contributed by atoms with Crippen molar-refractivity contribution in [1.82, 2.24) is 30.8 Å². The topological polar surface area (TPSA) is 324 Å². The molecule has 0 bridgehead atoms. The molecule has 0 aliphatic carbocycles. The zero-order chi connectivity index (χ0) is 14.3. The first-order valence-corrected chi connectivity index (χ1v) is 3.71. The number of carbonyl (C=O) groups is 4. The summed E-state index contributed by atoms with van der Waals surface area (Å²) >= 11 is 0. The molecule has 0 aliphatic rings. The highest BCUT2D eigenvalue weighted by atomic mass is 79.9. The van der Waals surface area contributed by atoms with Gasteiger partial charge in [0.15, 0.2) is 0 Å². The normalized spacial score (nSPS) is 4.55. The Balaban J connectivity index is -0.00000001000. The van der Waals surface area contributed by atoms with Crippen molar-refractivity contribution >= 4 is 40.9 Å². The second kappa shape index (κ2) is 61.2. The molecule has 0 radical (unpaired) electrons. The van der Waals surface area contributed by atoms with E-state index in [1.807, 2.05) is 0 Å². The average molecular weight is 406 g/mol. The van der Waals surface area contributed by atoms with Gasteiger partial charge in [0.1, 0.15) is 0 Å². The predicted molar refractivity (Wildman–Crippen MR) is 88.7 cm³/mol. The van der Waals surface area contributed by atoms with Crippen molar-refractivity contribution in [3.05, 3.63) is 0 Å². The highest BCUT2D eigenvalue weighted by Crippen LogP contribution is 1.43. The van der Waals surface area contributed by atoms with Crippen LogP contribution in [0.2, 0.25) is 0 Å². The van der Waals surface area contributed by atoms with E-state index >= 15 is 0 Å². The Morgan fingerprint density at radius 2 is 0.455 bits per heavy atom. The molecule has 0 heterocycles. The van der Waals surface area contributed by atoms with Crippen LogP contribution in [-0.2, 0) is 19.2 Å². The molecule has 0 aromatic rings. The van der Waals surface area contributed by atoms with Gasteiger partial charge in [0, 0.05) is 27.7 Å². The van der Waals surface area contributed by atoms with Gasteiger partial charge >= 0.3 is 0 Å². The zero-order valence-electron chi connectivity index (χ0n) is 13.4. The van der Waals surface area contributed by atoms with Crippen molar-refractivity contribution < 1.29 is 39.6 Å². The van der Waals surface area contributed by atoms with Gasteiger partial charge in [-0.2, -0.15) is 0 Å². The van der Waals surface area contributed by atoms with Crippen LogP contribution in [0.4, 0.5) is 0 Å².